The number of carbonyl (C=O) groups is 1. The Bertz CT molecular complexity index is 424. The van der Waals surface area contributed by atoms with Crippen LogP contribution in [-0.2, 0) is 11.3 Å². The van der Waals surface area contributed by atoms with Gasteiger partial charge in [0.25, 0.3) is 6.43 Å². The number of ether oxygens (including phenoxy) is 1. The molecule has 0 amide bonds. The fourth-order valence-electron chi connectivity index (χ4n) is 1.34. The van der Waals surface area contributed by atoms with Gasteiger partial charge in [0, 0.05) is 18.3 Å². The van der Waals surface area contributed by atoms with Crippen LogP contribution in [0.1, 0.15) is 34.8 Å². The molecule has 17 heavy (non-hydrogen) atoms. The highest BCUT2D eigenvalue weighted by atomic mass is 19.3. The Morgan fingerprint density at radius 2 is 2.24 bits per heavy atom. The quantitative estimate of drug-likeness (QED) is 0.651. The molecule has 2 N–H and O–H groups in total. The van der Waals surface area contributed by atoms with Crippen LogP contribution in [0.3, 0.4) is 0 Å². The minimum Gasteiger partial charge on any atom is -0.462 e. The topological polar surface area (TPSA) is 65.2 Å². The van der Waals surface area contributed by atoms with Crippen molar-refractivity contribution in [2.24, 2.45) is 5.73 Å². The molecule has 1 rings (SSSR count). The second kappa shape index (κ2) is 5.62. The highest BCUT2D eigenvalue weighted by Gasteiger charge is 2.25. The molecule has 1 heterocycles. The van der Waals surface area contributed by atoms with E-state index in [4.69, 9.17) is 5.73 Å². The van der Waals surface area contributed by atoms with Crippen molar-refractivity contribution in [2.75, 3.05) is 6.61 Å². The summed E-state index contributed by atoms with van der Waals surface area (Å²) in [5.41, 5.74) is 3.66. The van der Waals surface area contributed by atoms with Gasteiger partial charge in [0.2, 0.25) is 5.95 Å². The summed E-state index contributed by atoms with van der Waals surface area (Å²) in [5, 5.41) is 0. The van der Waals surface area contributed by atoms with Crippen molar-refractivity contribution >= 4 is 5.97 Å². The highest BCUT2D eigenvalue weighted by Crippen LogP contribution is 2.26. The highest BCUT2D eigenvalue weighted by molar-refractivity contribution is 5.92. The maximum atomic E-state index is 13.3. The van der Waals surface area contributed by atoms with Gasteiger partial charge in [0.05, 0.1) is 17.7 Å². The fraction of sp³-hybridized carbons (Fsp3) is 0.400. The normalized spacial score (nSPS) is 10.7. The number of nitrogens with two attached hydrogens (primary N) is 1. The lowest BCUT2D eigenvalue weighted by Crippen LogP contribution is -2.17. The van der Waals surface area contributed by atoms with Crippen molar-refractivity contribution in [2.45, 2.75) is 19.9 Å². The number of hydrogen-bond donors (Lipinski definition) is 1. The summed E-state index contributed by atoms with van der Waals surface area (Å²) < 4.78 is 43.2. The van der Waals surface area contributed by atoms with Gasteiger partial charge in [-0.2, -0.15) is 4.39 Å². The maximum absolute atomic E-state index is 13.3. The van der Waals surface area contributed by atoms with Gasteiger partial charge in [-0.3, -0.25) is 0 Å². The second-order valence-electron chi connectivity index (χ2n) is 3.08. The number of rotatable bonds is 4. The zero-order valence-corrected chi connectivity index (χ0v) is 9.04. The largest absolute Gasteiger partial charge is 0.462 e. The molecule has 0 aliphatic rings. The van der Waals surface area contributed by atoms with Gasteiger partial charge in [-0.15, -0.1) is 0 Å². The van der Waals surface area contributed by atoms with Gasteiger partial charge in [0.1, 0.15) is 0 Å². The zero-order chi connectivity index (χ0) is 13.0. The van der Waals surface area contributed by atoms with Crippen molar-refractivity contribution in [1.82, 2.24) is 4.98 Å². The Kier molecular flexibility index (Phi) is 4.45. The van der Waals surface area contributed by atoms with Gasteiger partial charge in [0.15, 0.2) is 0 Å². The van der Waals surface area contributed by atoms with Crippen LogP contribution in [0.5, 0.6) is 0 Å². The lowest BCUT2D eigenvalue weighted by Gasteiger charge is -2.12. The minimum absolute atomic E-state index is 0.00450. The van der Waals surface area contributed by atoms with Crippen molar-refractivity contribution in [3.8, 4) is 0 Å². The van der Waals surface area contributed by atoms with E-state index in [-0.39, 0.29) is 12.2 Å². The van der Waals surface area contributed by atoms with Gasteiger partial charge in [-0.25, -0.2) is 18.6 Å². The van der Waals surface area contributed by atoms with Crippen LogP contribution < -0.4 is 5.73 Å². The minimum atomic E-state index is -2.95. The molecular weight excluding hydrogens is 237 g/mol. The van der Waals surface area contributed by atoms with Crippen LogP contribution in [0, 0.1) is 5.95 Å². The van der Waals surface area contributed by atoms with E-state index in [1.165, 1.54) is 6.92 Å². The third-order valence-corrected chi connectivity index (χ3v) is 2.08. The first-order valence-electron chi connectivity index (χ1n) is 4.85. The number of esters is 1. The van der Waals surface area contributed by atoms with E-state index in [9.17, 15) is 18.0 Å². The van der Waals surface area contributed by atoms with Gasteiger partial charge >= 0.3 is 5.97 Å². The Labute approximate surface area is 95.6 Å². The summed E-state index contributed by atoms with van der Waals surface area (Å²) >= 11 is 0. The Morgan fingerprint density at radius 1 is 1.59 bits per heavy atom. The van der Waals surface area contributed by atoms with E-state index < -0.39 is 36.0 Å². The molecule has 1 aromatic rings. The molecular formula is C10H11F3N2O2. The second-order valence-corrected chi connectivity index (χ2v) is 3.08. The molecule has 1 aromatic heterocycles. The molecule has 0 aliphatic carbocycles. The SMILES string of the molecule is CCOC(=O)c1c(C(F)F)cnc(F)c1CN. The van der Waals surface area contributed by atoms with Crippen molar-refractivity contribution in [3.63, 3.8) is 0 Å². The Morgan fingerprint density at radius 3 is 2.71 bits per heavy atom. The molecule has 7 heteroatoms. The van der Waals surface area contributed by atoms with Crippen LogP contribution in [0.25, 0.3) is 0 Å². The van der Waals surface area contributed by atoms with Crippen molar-refractivity contribution in [3.05, 3.63) is 28.8 Å². The van der Waals surface area contributed by atoms with E-state index in [0.29, 0.717) is 6.20 Å². The molecule has 0 aliphatic heterocycles. The van der Waals surface area contributed by atoms with E-state index in [2.05, 4.69) is 9.72 Å². The lowest BCUT2D eigenvalue weighted by molar-refractivity contribution is 0.0512. The fourth-order valence-corrected chi connectivity index (χ4v) is 1.34. The molecule has 0 unspecified atom stereocenters. The number of alkyl halides is 2. The molecule has 0 bridgehead atoms. The number of pyridine rings is 1. The smallest absolute Gasteiger partial charge is 0.339 e. The van der Waals surface area contributed by atoms with E-state index in [1.807, 2.05) is 0 Å². The summed E-state index contributed by atoms with van der Waals surface area (Å²) in [6.45, 7) is 1.10. The predicted molar refractivity (Wildman–Crippen MR) is 53.0 cm³/mol. The van der Waals surface area contributed by atoms with Crippen molar-refractivity contribution < 1.29 is 22.7 Å². The van der Waals surface area contributed by atoms with Crippen LogP contribution in [0.4, 0.5) is 13.2 Å². The number of hydrogen-bond acceptors (Lipinski definition) is 4. The Hall–Kier alpha value is -1.63. The monoisotopic (exact) mass is 248 g/mol. The molecule has 0 spiro atoms. The molecule has 4 nitrogen and oxygen atoms in total. The van der Waals surface area contributed by atoms with Crippen LogP contribution in [0.15, 0.2) is 6.20 Å². The van der Waals surface area contributed by atoms with Crippen LogP contribution >= 0.6 is 0 Å². The van der Waals surface area contributed by atoms with E-state index in [0.717, 1.165) is 0 Å². The molecule has 0 atom stereocenters. The van der Waals surface area contributed by atoms with Crippen LogP contribution in [-0.4, -0.2) is 17.6 Å². The third-order valence-electron chi connectivity index (χ3n) is 2.08. The van der Waals surface area contributed by atoms with Crippen LogP contribution in [0.2, 0.25) is 0 Å². The lowest BCUT2D eigenvalue weighted by atomic mass is 10.0. The molecule has 0 saturated carbocycles. The molecule has 0 radical (unpaired) electrons. The summed E-state index contributed by atoms with van der Waals surface area (Å²) in [6, 6.07) is 0. The zero-order valence-electron chi connectivity index (χ0n) is 9.04. The van der Waals surface area contributed by atoms with Gasteiger partial charge in [-0.1, -0.05) is 0 Å². The molecule has 0 aromatic carbocycles. The maximum Gasteiger partial charge on any atom is 0.339 e. The van der Waals surface area contributed by atoms with E-state index in [1.54, 1.807) is 0 Å². The first kappa shape index (κ1) is 13.4. The number of halogens is 3. The summed E-state index contributed by atoms with van der Waals surface area (Å²) in [4.78, 5) is 14.6. The molecule has 94 valence electrons. The number of carbonyl (C=O) groups excluding carboxylic acids is 1. The average molecular weight is 248 g/mol. The predicted octanol–water partition coefficient (Wildman–Crippen LogP) is 1.79. The van der Waals surface area contributed by atoms with Gasteiger partial charge in [-0.05, 0) is 6.92 Å². The molecule has 0 saturated heterocycles. The molecule has 0 fully saturated rings. The average Bonchev–Trinajstić information content (AvgIpc) is 2.28. The Balaban J connectivity index is 3.38. The first-order chi connectivity index (χ1) is 8.02. The van der Waals surface area contributed by atoms with Crippen molar-refractivity contribution in [1.29, 1.82) is 0 Å². The summed E-state index contributed by atoms with van der Waals surface area (Å²) in [5.74, 6) is -2.07. The van der Waals surface area contributed by atoms with E-state index >= 15 is 0 Å². The first-order valence-corrected chi connectivity index (χ1v) is 4.85. The summed E-state index contributed by atoms with van der Waals surface area (Å²) in [7, 11) is 0. The van der Waals surface area contributed by atoms with Gasteiger partial charge < -0.3 is 10.5 Å². The number of nitrogens with zero attached hydrogens (tertiary/aromatic N) is 1. The number of aromatic nitrogens is 1. The summed E-state index contributed by atoms with van der Waals surface area (Å²) in [6.07, 6.45) is -2.33. The standard InChI is InChI=1S/C10H11F3N2O2/c1-2-17-10(16)7-5(3-14)9(13)15-4-6(7)8(11)12/h4,8H,2-3,14H2,1H3. The third kappa shape index (κ3) is 2.73.